The number of benzene rings is 2. The number of hydrogen-bond donors (Lipinski definition) is 1. The Kier molecular flexibility index (Phi) is 6.35. The fraction of sp³-hybridized carbons (Fsp3) is 0.409. The summed E-state index contributed by atoms with van der Waals surface area (Å²) < 4.78 is 10.9. The van der Waals surface area contributed by atoms with Crippen molar-refractivity contribution in [1.82, 2.24) is 10.2 Å². The fourth-order valence-electron chi connectivity index (χ4n) is 3.59. The number of nitrogens with zero attached hydrogens (tertiary/aromatic N) is 1. The van der Waals surface area contributed by atoms with Gasteiger partial charge in [0, 0.05) is 24.7 Å². The highest BCUT2D eigenvalue weighted by molar-refractivity contribution is 5.83. The summed E-state index contributed by atoms with van der Waals surface area (Å²) in [4.78, 5) is 15.2. The molecule has 1 aliphatic heterocycles. The molecule has 2 aromatic carbocycles. The summed E-state index contributed by atoms with van der Waals surface area (Å²) >= 11 is 0. The van der Waals surface area contributed by atoms with Gasteiger partial charge < -0.3 is 14.4 Å². The predicted octanol–water partition coefficient (Wildman–Crippen LogP) is 3.72. The van der Waals surface area contributed by atoms with Crippen LogP contribution in [0.2, 0.25) is 0 Å². The molecule has 0 radical (unpaired) electrons. The minimum Gasteiger partial charge on any atom is -0.497 e. The molecular weight excluding hydrogens is 340 g/mol. The van der Waals surface area contributed by atoms with Gasteiger partial charge in [-0.05, 0) is 43.5 Å². The molecule has 2 aromatic rings. The van der Waals surface area contributed by atoms with Gasteiger partial charge in [0.2, 0.25) is 5.91 Å². The molecule has 1 fully saturated rings. The van der Waals surface area contributed by atoms with E-state index in [2.05, 4.69) is 5.32 Å². The van der Waals surface area contributed by atoms with Crippen LogP contribution in [0.15, 0.2) is 48.5 Å². The van der Waals surface area contributed by atoms with Crippen molar-refractivity contribution in [2.24, 2.45) is 0 Å². The van der Waals surface area contributed by atoms with Crippen LogP contribution in [0.5, 0.6) is 11.5 Å². The molecule has 5 heteroatoms. The summed E-state index contributed by atoms with van der Waals surface area (Å²) in [5, 5.41) is 3.53. The Morgan fingerprint density at radius 3 is 2.37 bits per heavy atom. The van der Waals surface area contributed by atoms with Crippen LogP contribution in [0.3, 0.4) is 0 Å². The van der Waals surface area contributed by atoms with Gasteiger partial charge in [-0.15, -0.1) is 0 Å². The van der Waals surface area contributed by atoms with Crippen LogP contribution in [-0.2, 0) is 4.79 Å². The molecule has 1 N–H and O–H groups in total. The second-order valence-corrected chi connectivity index (χ2v) is 6.87. The zero-order valence-corrected chi connectivity index (χ0v) is 16.3. The number of carbonyl (C=O) groups is 1. The Morgan fingerprint density at radius 1 is 1.04 bits per heavy atom. The normalized spacial score (nSPS) is 16.0. The molecule has 0 aromatic heterocycles. The average Bonchev–Trinajstić information content (AvgIpc) is 3.26. The zero-order chi connectivity index (χ0) is 19.2. The number of amides is 1. The van der Waals surface area contributed by atoms with Crippen LogP contribution in [0.1, 0.15) is 43.0 Å². The van der Waals surface area contributed by atoms with E-state index in [1.807, 2.05) is 60.4 Å². The maximum atomic E-state index is 13.2. The summed E-state index contributed by atoms with van der Waals surface area (Å²) in [6.45, 7) is 3.71. The monoisotopic (exact) mass is 368 g/mol. The molecule has 2 unspecified atom stereocenters. The number of ether oxygens (including phenoxy) is 2. The highest BCUT2D eigenvalue weighted by Gasteiger charge is 2.29. The lowest BCUT2D eigenvalue weighted by atomic mass is 10.0. The van der Waals surface area contributed by atoms with E-state index >= 15 is 0 Å². The van der Waals surface area contributed by atoms with Crippen LogP contribution in [-0.4, -0.2) is 38.1 Å². The molecule has 27 heavy (non-hydrogen) atoms. The Hall–Kier alpha value is -2.53. The van der Waals surface area contributed by atoms with Gasteiger partial charge in [0.15, 0.2) is 0 Å². The first-order chi connectivity index (χ1) is 13.1. The highest BCUT2D eigenvalue weighted by atomic mass is 16.5. The van der Waals surface area contributed by atoms with E-state index in [4.69, 9.17) is 9.47 Å². The van der Waals surface area contributed by atoms with E-state index in [0.717, 1.165) is 48.6 Å². The average molecular weight is 368 g/mol. The standard InChI is InChI=1S/C22H28N2O3/c1-16(19-15-18(26-2)11-12-20(19)27-3)23-21(17-9-5-4-6-10-17)22(25)24-13-7-8-14-24/h4-6,9-12,15-16,21,23H,7-8,13-14H2,1-3H3. The van der Waals surface area contributed by atoms with Crippen molar-refractivity contribution >= 4 is 5.91 Å². The quantitative estimate of drug-likeness (QED) is 0.809. The Balaban J connectivity index is 1.88. The third-order valence-corrected chi connectivity index (χ3v) is 5.12. The van der Waals surface area contributed by atoms with Gasteiger partial charge in [0.05, 0.1) is 14.2 Å². The van der Waals surface area contributed by atoms with Crippen molar-refractivity contribution < 1.29 is 14.3 Å². The minimum atomic E-state index is -0.393. The first-order valence-corrected chi connectivity index (χ1v) is 9.45. The molecule has 1 heterocycles. The van der Waals surface area contributed by atoms with Crippen LogP contribution < -0.4 is 14.8 Å². The van der Waals surface area contributed by atoms with Gasteiger partial charge in [-0.2, -0.15) is 0 Å². The minimum absolute atomic E-state index is 0.0909. The second kappa shape index (κ2) is 8.91. The molecule has 0 spiro atoms. The maximum absolute atomic E-state index is 13.2. The molecule has 0 saturated carbocycles. The van der Waals surface area contributed by atoms with Gasteiger partial charge in [0.25, 0.3) is 0 Å². The third kappa shape index (κ3) is 4.42. The number of methoxy groups -OCH3 is 2. The number of likely N-dealkylation sites (tertiary alicyclic amines) is 1. The topological polar surface area (TPSA) is 50.8 Å². The highest BCUT2D eigenvalue weighted by Crippen LogP contribution is 2.31. The SMILES string of the molecule is COc1ccc(OC)c(C(C)NC(C(=O)N2CCCC2)c2ccccc2)c1. The second-order valence-electron chi connectivity index (χ2n) is 6.87. The molecule has 1 saturated heterocycles. The number of carbonyl (C=O) groups excluding carboxylic acids is 1. The van der Waals surface area contributed by atoms with E-state index < -0.39 is 6.04 Å². The molecule has 1 aliphatic rings. The van der Waals surface area contributed by atoms with Crippen molar-refractivity contribution in [3.63, 3.8) is 0 Å². The van der Waals surface area contributed by atoms with Crippen molar-refractivity contribution in [3.05, 3.63) is 59.7 Å². The summed E-state index contributed by atoms with van der Waals surface area (Å²) in [7, 11) is 3.30. The Bertz CT molecular complexity index is 757. The number of rotatable bonds is 7. The van der Waals surface area contributed by atoms with Crippen molar-refractivity contribution in [2.45, 2.75) is 31.8 Å². The van der Waals surface area contributed by atoms with E-state index in [0.29, 0.717) is 0 Å². The van der Waals surface area contributed by atoms with Gasteiger partial charge in [-0.3, -0.25) is 10.1 Å². The Morgan fingerprint density at radius 2 is 1.74 bits per heavy atom. The molecular formula is C22H28N2O3. The first-order valence-electron chi connectivity index (χ1n) is 9.45. The Labute approximate surface area is 161 Å². The number of hydrogen-bond acceptors (Lipinski definition) is 4. The van der Waals surface area contributed by atoms with Crippen LogP contribution in [0.4, 0.5) is 0 Å². The maximum Gasteiger partial charge on any atom is 0.244 e. The molecule has 3 rings (SSSR count). The summed E-state index contributed by atoms with van der Waals surface area (Å²) in [5.41, 5.74) is 1.94. The molecule has 0 aliphatic carbocycles. The zero-order valence-electron chi connectivity index (χ0n) is 16.3. The van der Waals surface area contributed by atoms with E-state index in [9.17, 15) is 4.79 Å². The van der Waals surface area contributed by atoms with Crippen molar-refractivity contribution in [3.8, 4) is 11.5 Å². The molecule has 0 bridgehead atoms. The van der Waals surface area contributed by atoms with Crippen LogP contribution in [0.25, 0.3) is 0 Å². The van der Waals surface area contributed by atoms with Crippen LogP contribution >= 0.6 is 0 Å². The van der Waals surface area contributed by atoms with Crippen molar-refractivity contribution in [2.75, 3.05) is 27.3 Å². The van der Waals surface area contributed by atoms with E-state index in [-0.39, 0.29) is 11.9 Å². The van der Waals surface area contributed by atoms with E-state index in [1.54, 1.807) is 14.2 Å². The largest absolute Gasteiger partial charge is 0.497 e. The molecule has 2 atom stereocenters. The molecule has 144 valence electrons. The lowest BCUT2D eigenvalue weighted by Crippen LogP contribution is -2.40. The van der Waals surface area contributed by atoms with Crippen LogP contribution in [0, 0.1) is 0 Å². The predicted molar refractivity (Wildman–Crippen MR) is 106 cm³/mol. The van der Waals surface area contributed by atoms with Gasteiger partial charge in [-0.1, -0.05) is 30.3 Å². The van der Waals surface area contributed by atoms with Gasteiger partial charge in [0.1, 0.15) is 17.5 Å². The molecule has 5 nitrogen and oxygen atoms in total. The van der Waals surface area contributed by atoms with Crippen molar-refractivity contribution in [1.29, 1.82) is 0 Å². The fourth-order valence-corrected chi connectivity index (χ4v) is 3.59. The third-order valence-electron chi connectivity index (χ3n) is 5.12. The van der Waals surface area contributed by atoms with E-state index in [1.165, 1.54) is 0 Å². The lowest BCUT2D eigenvalue weighted by molar-refractivity contribution is -0.132. The lowest BCUT2D eigenvalue weighted by Gasteiger charge is -2.28. The summed E-state index contributed by atoms with van der Waals surface area (Å²) in [5.74, 6) is 1.67. The van der Waals surface area contributed by atoms with Gasteiger partial charge in [-0.25, -0.2) is 0 Å². The summed E-state index contributed by atoms with van der Waals surface area (Å²) in [6, 6.07) is 15.2. The van der Waals surface area contributed by atoms with Gasteiger partial charge >= 0.3 is 0 Å². The first kappa shape index (κ1) is 19.2. The molecule has 1 amide bonds. The summed E-state index contributed by atoms with van der Waals surface area (Å²) in [6.07, 6.45) is 2.15. The number of nitrogens with one attached hydrogen (secondary N) is 1. The smallest absolute Gasteiger partial charge is 0.244 e.